The van der Waals surface area contributed by atoms with Gasteiger partial charge in [0.25, 0.3) is 0 Å². The average molecular weight is 625 g/mol. The molecule has 0 N–H and O–H groups in total. The first-order valence-corrected chi connectivity index (χ1v) is 16.0. The molecule has 1 unspecified atom stereocenters. The minimum Gasteiger partial charge on any atom is -0.497 e. The quantitative estimate of drug-likeness (QED) is 0.0833. The first-order valence-electron chi connectivity index (χ1n) is 16.0. The van der Waals surface area contributed by atoms with Crippen LogP contribution in [0.2, 0.25) is 0 Å². The van der Waals surface area contributed by atoms with Gasteiger partial charge >= 0.3 is 5.97 Å². The van der Waals surface area contributed by atoms with E-state index in [2.05, 4.69) is 84.9 Å². The summed E-state index contributed by atoms with van der Waals surface area (Å²) in [6.07, 6.45) is 6.94. The molecule has 0 spiro atoms. The Hall–Kier alpha value is -5.36. The predicted octanol–water partition coefficient (Wildman–Crippen LogP) is 8.62. The van der Waals surface area contributed by atoms with E-state index in [1.165, 1.54) is 22.3 Å². The first kappa shape index (κ1) is 30.3. The van der Waals surface area contributed by atoms with E-state index in [4.69, 9.17) is 18.9 Å². The molecule has 1 heterocycles. The van der Waals surface area contributed by atoms with Gasteiger partial charge < -0.3 is 23.7 Å². The van der Waals surface area contributed by atoms with Gasteiger partial charge in [0.1, 0.15) is 23.5 Å². The fourth-order valence-corrected chi connectivity index (χ4v) is 7.13. The van der Waals surface area contributed by atoms with Gasteiger partial charge in [-0.15, -0.1) is 0 Å². The number of rotatable bonds is 11. The molecule has 1 aliphatic carbocycles. The number of hydrogen-bond donors (Lipinski definition) is 0. The fraction of sp³-hybridized carbons (Fsp3) is 0.220. The molecule has 6 nitrogen and oxygen atoms in total. The maximum atomic E-state index is 12.1. The van der Waals surface area contributed by atoms with E-state index in [0.717, 1.165) is 57.4 Å². The van der Waals surface area contributed by atoms with Crippen molar-refractivity contribution in [2.45, 2.75) is 37.2 Å². The molecule has 0 bridgehead atoms. The van der Waals surface area contributed by atoms with Crippen molar-refractivity contribution in [3.63, 3.8) is 0 Å². The van der Waals surface area contributed by atoms with Crippen molar-refractivity contribution in [1.29, 1.82) is 0 Å². The monoisotopic (exact) mass is 624 g/mol. The number of fused-ring (bicyclic) bond motifs is 8. The third-order valence-corrected chi connectivity index (χ3v) is 9.35. The molecule has 0 aromatic heterocycles. The molecule has 6 heteroatoms. The van der Waals surface area contributed by atoms with Crippen molar-refractivity contribution in [3.8, 4) is 28.4 Å². The Morgan fingerprint density at radius 3 is 2.13 bits per heavy atom. The van der Waals surface area contributed by atoms with Crippen LogP contribution in [0.25, 0.3) is 28.0 Å². The Bertz CT molecular complexity index is 1930. The summed E-state index contributed by atoms with van der Waals surface area (Å²) in [6, 6.07) is 33.2. The molecule has 0 radical (unpaired) electrons. The lowest BCUT2D eigenvalue weighted by molar-refractivity contribution is -0.144. The molecular formula is C41H36O6. The summed E-state index contributed by atoms with van der Waals surface area (Å²) < 4.78 is 23.8. The maximum absolute atomic E-state index is 12.1. The molecule has 0 fully saturated rings. The molecule has 5 aromatic carbocycles. The zero-order chi connectivity index (χ0) is 32.4. The summed E-state index contributed by atoms with van der Waals surface area (Å²) in [6.45, 7) is 0.311. The maximum Gasteiger partial charge on any atom is 0.306 e. The van der Waals surface area contributed by atoms with E-state index < -0.39 is 5.60 Å². The largest absolute Gasteiger partial charge is 0.497 e. The second kappa shape index (κ2) is 12.8. The van der Waals surface area contributed by atoms with E-state index in [0.29, 0.717) is 13.0 Å². The highest BCUT2D eigenvalue weighted by Crippen LogP contribution is 2.57. The van der Waals surface area contributed by atoms with Gasteiger partial charge in [0, 0.05) is 34.4 Å². The molecule has 1 aliphatic heterocycles. The van der Waals surface area contributed by atoms with Crippen LogP contribution in [-0.4, -0.2) is 33.1 Å². The van der Waals surface area contributed by atoms with Gasteiger partial charge in [0.05, 0.1) is 27.2 Å². The van der Waals surface area contributed by atoms with Gasteiger partial charge in [0.2, 0.25) is 0 Å². The summed E-state index contributed by atoms with van der Waals surface area (Å²) in [5, 5.41) is 2.20. The average Bonchev–Trinajstić information content (AvgIpc) is 3.46. The van der Waals surface area contributed by atoms with Crippen LogP contribution >= 0.6 is 0 Å². The van der Waals surface area contributed by atoms with Gasteiger partial charge in [-0.05, 0) is 70.8 Å². The van der Waals surface area contributed by atoms with Crippen LogP contribution in [0.5, 0.6) is 17.2 Å². The molecule has 7 rings (SSSR count). The van der Waals surface area contributed by atoms with Crippen LogP contribution in [0.1, 0.15) is 59.4 Å². The SMILES string of the molecule is COc1ccc(C2(c3ccc(OC)cc3)C=Cc3c4c(c5ccccc5c3O2)-c2ccccc2C4CCCOC(=O)CCC=O)cc1. The van der Waals surface area contributed by atoms with Crippen LogP contribution in [0, 0.1) is 0 Å². The predicted molar refractivity (Wildman–Crippen MR) is 183 cm³/mol. The van der Waals surface area contributed by atoms with Crippen molar-refractivity contribution in [2.75, 3.05) is 20.8 Å². The lowest BCUT2D eigenvalue weighted by Gasteiger charge is -2.38. The van der Waals surface area contributed by atoms with Crippen molar-refractivity contribution in [3.05, 3.63) is 131 Å². The highest BCUT2D eigenvalue weighted by atomic mass is 16.5. The Morgan fingerprint density at radius 1 is 0.830 bits per heavy atom. The van der Waals surface area contributed by atoms with Crippen molar-refractivity contribution >= 4 is 29.1 Å². The Morgan fingerprint density at radius 2 is 1.47 bits per heavy atom. The minimum absolute atomic E-state index is 0.0935. The molecule has 2 aliphatic rings. The summed E-state index contributed by atoms with van der Waals surface area (Å²) in [5.74, 6) is 2.15. The zero-order valence-electron chi connectivity index (χ0n) is 26.5. The van der Waals surface area contributed by atoms with E-state index in [1.807, 2.05) is 24.3 Å². The Balaban J connectivity index is 1.36. The zero-order valence-corrected chi connectivity index (χ0v) is 26.5. The van der Waals surface area contributed by atoms with E-state index in [-0.39, 0.29) is 24.7 Å². The first-order chi connectivity index (χ1) is 23.1. The van der Waals surface area contributed by atoms with Crippen molar-refractivity contribution in [2.24, 2.45) is 0 Å². The number of hydrogen-bond acceptors (Lipinski definition) is 6. The lowest BCUT2D eigenvalue weighted by atomic mass is 9.80. The number of methoxy groups -OCH3 is 2. The van der Waals surface area contributed by atoms with Gasteiger partial charge in [-0.3, -0.25) is 4.79 Å². The molecule has 0 saturated carbocycles. The third kappa shape index (κ3) is 5.34. The number of esters is 1. The summed E-state index contributed by atoms with van der Waals surface area (Å²) >= 11 is 0. The molecular weight excluding hydrogens is 588 g/mol. The van der Waals surface area contributed by atoms with Gasteiger partial charge in [-0.2, -0.15) is 0 Å². The Kier molecular flexibility index (Phi) is 8.25. The van der Waals surface area contributed by atoms with Crippen LogP contribution in [0.3, 0.4) is 0 Å². The normalized spacial score (nSPS) is 15.2. The van der Waals surface area contributed by atoms with Crippen LogP contribution < -0.4 is 14.2 Å². The summed E-state index contributed by atoms with van der Waals surface area (Å²) in [4.78, 5) is 22.8. The third-order valence-electron chi connectivity index (χ3n) is 9.35. The van der Waals surface area contributed by atoms with Gasteiger partial charge in [-0.25, -0.2) is 0 Å². The van der Waals surface area contributed by atoms with E-state index >= 15 is 0 Å². The Labute approximate surface area is 274 Å². The standard InChI is InChI=1S/C41H36O6/c1-44-29-19-15-27(16-20-29)41(28-17-21-30(45-2)22-18-28)24-23-36-39-33(13-8-26-46-37(43)14-7-25-42)31-9-3-4-10-32(31)38(39)34-11-5-6-12-35(34)40(36)47-41/h3-6,9-12,15-25,33H,7-8,13-14,26H2,1-2H3. The molecule has 1 atom stereocenters. The minimum atomic E-state index is -0.904. The second-order valence-corrected chi connectivity index (χ2v) is 11.9. The molecule has 0 saturated heterocycles. The van der Waals surface area contributed by atoms with Crippen molar-refractivity contribution < 1.29 is 28.5 Å². The summed E-state index contributed by atoms with van der Waals surface area (Å²) in [7, 11) is 3.33. The lowest BCUT2D eigenvalue weighted by Crippen LogP contribution is -2.34. The number of carbonyl (C=O) groups excluding carboxylic acids is 2. The number of aldehydes is 1. The molecule has 47 heavy (non-hydrogen) atoms. The molecule has 236 valence electrons. The summed E-state index contributed by atoms with van der Waals surface area (Å²) in [5.41, 5.74) is 7.09. The fourth-order valence-electron chi connectivity index (χ4n) is 7.13. The van der Waals surface area contributed by atoms with Gasteiger partial charge in [0.15, 0.2) is 5.60 Å². The van der Waals surface area contributed by atoms with Gasteiger partial charge in [-0.1, -0.05) is 78.9 Å². The molecule has 0 amide bonds. The number of carbonyl (C=O) groups is 2. The van der Waals surface area contributed by atoms with Crippen LogP contribution in [0.4, 0.5) is 0 Å². The smallest absolute Gasteiger partial charge is 0.306 e. The highest BCUT2D eigenvalue weighted by Gasteiger charge is 2.41. The van der Waals surface area contributed by atoms with Crippen LogP contribution in [-0.2, 0) is 19.9 Å². The van der Waals surface area contributed by atoms with Crippen LogP contribution in [0.15, 0.2) is 103 Å². The number of ether oxygens (including phenoxy) is 4. The van der Waals surface area contributed by atoms with E-state index in [1.54, 1.807) is 14.2 Å². The van der Waals surface area contributed by atoms with Crippen molar-refractivity contribution in [1.82, 2.24) is 0 Å². The highest BCUT2D eigenvalue weighted by molar-refractivity contribution is 6.08. The molecule has 5 aromatic rings. The number of benzene rings is 5. The second-order valence-electron chi connectivity index (χ2n) is 11.9. The van der Waals surface area contributed by atoms with E-state index in [9.17, 15) is 9.59 Å². The topological polar surface area (TPSA) is 71.1 Å².